The van der Waals surface area contributed by atoms with Crippen molar-refractivity contribution in [3.8, 4) is 0 Å². The third-order valence-corrected chi connectivity index (χ3v) is 7.94. The summed E-state index contributed by atoms with van der Waals surface area (Å²) in [5.41, 5.74) is 0.601. The van der Waals surface area contributed by atoms with E-state index < -0.39 is 11.6 Å². The summed E-state index contributed by atoms with van der Waals surface area (Å²) >= 11 is 0. The number of carbonyl (C=O) groups excluding carboxylic acids is 2. The van der Waals surface area contributed by atoms with Crippen molar-refractivity contribution in [2.24, 2.45) is 17.8 Å². The van der Waals surface area contributed by atoms with Crippen LogP contribution in [0.2, 0.25) is 0 Å². The van der Waals surface area contributed by atoms with Crippen LogP contribution in [0, 0.1) is 17.8 Å². The van der Waals surface area contributed by atoms with E-state index in [1.807, 2.05) is 0 Å². The van der Waals surface area contributed by atoms with Crippen LogP contribution in [0.3, 0.4) is 0 Å². The molecule has 5 nitrogen and oxygen atoms in total. The molecule has 0 aliphatic heterocycles. The number of aliphatic carboxylic acids is 1. The van der Waals surface area contributed by atoms with Gasteiger partial charge in [0.25, 0.3) is 0 Å². The van der Waals surface area contributed by atoms with Crippen molar-refractivity contribution >= 4 is 17.5 Å². The fourth-order valence-electron chi connectivity index (χ4n) is 5.16. The SMILES string of the molecule is CC1=C(C)C(=O)C(CCC(C)(O)CCCC(C)CCCC(C)CCCC(C)C)=C(CCC(=O)O)C1=O. The fraction of sp³-hybridized carbons (Fsp3) is 0.774. The lowest BCUT2D eigenvalue weighted by Crippen LogP contribution is -2.27. The molecule has 3 atom stereocenters. The number of hydrogen-bond acceptors (Lipinski definition) is 4. The summed E-state index contributed by atoms with van der Waals surface area (Å²) in [7, 11) is 0. The zero-order valence-electron chi connectivity index (χ0n) is 24.0. The molecule has 1 aliphatic rings. The summed E-state index contributed by atoms with van der Waals surface area (Å²) in [5, 5.41) is 20.0. The third-order valence-electron chi connectivity index (χ3n) is 7.94. The highest BCUT2D eigenvalue weighted by atomic mass is 16.4. The number of carbonyl (C=O) groups is 3. The summed E-state index contributed by atoms with van der Waals surface area (Å²) in [6.45, 7) is 14.3. The lowest BCUT2D eigenvalue weighted by Gasteiger charge is -2.27. The van der Waals surface area contributed by atoms with E-state index in [0.29, 0.717) is 47.5 Å². The van der Waals surface area contributed by atoms with E-state index in [2.05, 4.69) is 27.7 Å². The van der Waals surface area contributed by atoms with Crippen molar-refractivity contribution in [1.82, 2.24) is 0 Å². The topological polar surface area (TPSA) is 91.7 Å². The first-order valence-corrected chi connectivity index (χ1v) is 14.2. The van der Waals surface area contributed by atoms with E-state index in [-0.39, 0.29) is 24.4 Å². The van der Waals surface area contributed by atoms with Crippen molar-refractivity contribution in [1.29, 1.82) is 0 Å². The number of hydrogen-bond donors (Lipinski definition) is 2. The summed E-state index contributed by atoms with van der Waals surface area (Å²) in [5.74, 6) is 0.806. The Balaban J connectivity index is 2.51. The summed E-state index contributed by atoms with van der Waals surface area (Å²) in [4.78, 5) is 36.7. The quantitative estimate of drug-likeness (QED) is 0.187. The van der Waals surface area contributed by atoms with Gasteiger partial charge < -0.3 is 10.2 Å². The second-order valence-corrected chi connectivity index (χ2v) is 12.1. The molecule has 2 N–H and O–H groups in total. The average Bonchev–Trinajstić information content (AvgIpc) is 2.78. The van der Waals surface area contributed by atoms with Crippen molar-refractivity contribution in [3.05, 3.63) is 22.3 Å². The zero-order chi connectivity index (χ0) is 27.5. The Kier molecular flexibility index (Phi) is 13.9. The second-order valence-electron chi connectivity index (χ2n) is 12.1. The highest BCUT2D eigenvalue weighted by molar-refractivity contribution is 6.24. The van der Waals surface area contributed by atoms with Gasteiger partial charge in [-0.2, -0.15) is 0 Å². The van der Waals surface area contributed by atoms with Gasteiger partial charge in [-0.05, 0) is 64.2 Å². The van der Waals surface area contributed by atoms with E-state index in [4.69, 9.17) is 5.11 Å². The molecule has 0 bridgehead atoms. The molecular weight excluding hydrogens is 452 g/mol. The van der Waals surface area contributed by atoms with Crippen LogP contribution in [0.15, 0.2) is 22.3 Å². The fourth-order valence-corrected chi connectivity index (χ4v) is 5.16. The van der Waals surface area contributed by atoms with Crippen LogP contribution in [-0.4, -0.2) is 33.3 Å². The molecule has 0 aromatic rings. The molecule has 0 fully saturated rings. The van der Waals surface area contributed by atoms with Gasteiger partial charge >= 0.3 is 5.97 Å². The van der Waals surface area contributed by atoms with E-state index in [9.17, 15) is 19.5 Å². The first kappa shape index (κ1) is 32.3. The van der Waals surface area contributed by atoms with Crippen LogP contribution in [0.25, 0.3) is 0 Å². The Labute approximate surface area is 219 Å². The lowest BCUT2D eigenvalue weighted by molar-refractivity contribution is -0.137. The number of aliphatic hydroxyl groups is 1. The number of carboxylic acid groups (broad SMARTS) is 1. The van der Waals surface area contributed by atoms with Crippen molar-refractivity contribution in [2.75, 3.05) is 0 Å². The Morgan fingerprint density at radius 2 is 1.19 bits per heavy atom. The van der Waals surface area contributed by atoms with E-state index in [1.165, 1.54) is 38.5 Å². The highest BCUT2D eigenvalue weighted by Crippen LogP contribution is 2.33. The standard InChI is InChI=1S/C31H52O5/c1-21(2)11-8-12-22(3)13-9-14-23(4)15-10-19-31(7,36)20-18-27-26(16-17-28(32)33)29(34)24(5)25(6)30(27)35/h21-23,36H,8-20H2,1-7H3,(H,32,33). The molecule has 1 aliphatic carbocycles. The Bertz CT molecular complexity index is 815. The Morgan fingerprint density at radius 1 is 0.750 bits per heavy atom. The molecule has 0 radical (unpaired) electrons. The number of Topliss-reactive ketones (excluding diaryl/α,β-unsaturated/α-hetero) is 2. The minimum absolute atomic E-state index is 0.0514. The number of allylic oxidation sites excluding steroid dienone is 4. The molecule has 0 aromatic heterocycles. The molecular formula is C31H52O5. The van der Waals surface area contributed by atoms with Crippen LogP contribution in [-0.2, 0) is 14.4 Å². The minimum Gasteiger partial charge on any atom is -0.481 e. The second kappa shape index (κ2) is 15.5. The molecule has 1 rings (SSSR count). The summed E-state index contributed by atoms with van der Waals surface area (Å²) in [6, 6.07) is 0. The molecule has 36 heavy (non-hydrogen) atoms. The van der Waals surface area contributed by atoms with E-state index in [0.717, 1.165) is 24.7 Å². The van der Waals surface area contributed by atoms with Crippen LogP contribution >= 0.6 is 0 Å². The highest BCUT2D eigenvalue weighted by Gasteiger charge is 2.32. The number of carboxylic acids is 1. The summed E-state index contributed by atoms with van der Waals surface area (Å²) < 4.78 is 0. The smallest absolute Gasteiger partial charge is 0.303 e. The first-order valence-electron chi connectivity index (χ1n) is 14.2. The normalized spacial score (nSPS) is 18.1. The third kappa shape index (κ3) is 11.5. The van der Waals surface area contributed by atoms with Crippen LogP contribution in [0.4, 0.5) is 0 Å². The van der Waals surface area contributed by atoms with Gasteiger partial charge in [-0.3, -0.25) is 14.4 Å². The van der Waals surface area contributed by atoms with Crippen molar-refractivity contribution in [3.63, 3.8) is 0 Å². The van der Waals surface area contributed by atoms with Gasteiger partial charge in [0.1, 0.15) is 0 Å². The number of ketones is 2. The van der Waals surface area contributed by atoms with Gasteiger partial charge in [0.2, 0.25) is 0 Å². The van der Waals surface area contributed by atoms with Gasteiger partial charge in [0, 0.05) is 28.7 Å². The molecule has 0 amide bonds. The minimum atomic E-state index is -0.993. The molecule has 206 valence electrons. The molecule has 0 aromatic carbocycles. The average molecular weight is 505 g/mol. The Morgan fingerprint density at radius 3 is 1.67 bits per heavy atom. The van der Waals surface area contributed by atoms with E-state index in [1.54, 1.807) is 20.8 Å². The maximum Gasteiger partial charge on any atom is 0.303 e. The lowest BCUT2D eigenvalue weighted by atomic mass is 9.79. The van der Waals surface area contributed by atoms with Gasteiger partial charge in [-0.25, -0.2) is 0 Å². The van der Waals surface area contributed by atoms with Crippen molar-refractivity contribution in [2.45, 2.75) is 138 Å². The first-order chi connectivity index (χ1) is 16.7. The van der Waals surface area contributed by atoms with Gasteiger partial charge in [0.15, 0.2) is 11.6 Å². The number of rotatable bonds is 18. The predicted molar refractivity (Wildman–Crippen MR) is 147 cm³/mol. The Hall–Kier alpha value is -1.75. The monoisotopic (exact) mass is 504 g/mol. The maximum atomic E-state index is 12.9. The maximum absolute atomic E-state index is 12.9. The molecule has 0 saturated heterocycles. The molecule has 5 heteroatoms. The predicted octanol–water partition coefficient (Wildman–Crippen LogP) is 7.61. The van der Waals surface area contributed by atoms with Crippen LogP contribution in [0.1, 0.15) is 132 Å². The van der Waals surface area contributed by atoms with Crippen molar-refractivity contribution < 1.29 is 24.6 Å². The molecule has 3 unspecified atom stereocenters. The largest absolute Gasteiger partial charge is 0.481 e. The van der Waals surface area contributed by atoms with Crippen LogP contribution in [0.5, 0.6) is 0 Å². The van der Waals surface area contributed by atoms with Crippen LogP contribution < -0.4 is 0 Å². The van der Waals surface area contributed by atoms with Gasteiger partial charge in [-0.15, -0.1) is 0 Å². The molecule has 0 heterocycles. The molecule has 0 spiro atoms. The molecule has 0 saturated carbocycles. The zero-order valence-corrected chi connectivity index (χ0v) is 24.0. The van der Waals surface area contributed by atoms with Gasteiger partial charge in [0.05, 0.1) is 5.60 Å². The van der Waals surface area contributed by atoms with Gasteiger partial charge in [-0.1, -0.05) is 79.1 Å². The van der Waals surface area contributed by atoms with E-state index >= 15 is 0 Å². The summed E-state index contributed by atoms with van der Waals surface area (Å²) in [6.07, 6.45) is 10.9.